The van der Waals surface area contributed by atoms with E-state index in [1.54, 1.807) is 0 Å². The Labute approximate surface area is 132 Å². The molecule has 0 radical (unpaired) electrons. The zero-order valence-corrected chi connectivity index (χ0v) is 13.4. The van der Waals surface area contributed by atoms with Gasteiger partial charge in [-0.05, 0) is 31.5 Å². The summed E-state index contributed by atoms with van der Waals surface area (Å²) in [6, 6.07) is 4.15. The Morgan fingerprint density at radius 2 is 1.95 bits per heavy atom. The molecule has 1 aliphatic carbocycles. The largest absolute Gasteiger partial charge is 0.354 e. The van der Waals surface area contributed by atoms with Gasteiger partial charge in [-0.25, -0.2) is 4.98 Å². The maximum Gasteiger partial charge on any atom is 0.223 e. The molecule has 2 heterocycles. The van der Waals surface area contributed by atoms with Crippen LogP contribution < -0.4 is 10.2 Å². The lowest BCUT2D eigenvalue weighted by Crippen LogP contribution is -2.44. The maximum absolute atomic E-state index is 12.0. The SMILES string of the molecule is CN1CCN(c2ccc(CNC(=O)C3CCCC3)cn2)CC1. The number of carbonyl (C=O) groups is 1. The molecule has 5 nitrogen and oxygen atoms in total. The third-order valence-electron chi connectivity index (χ3n) is 4.83. The van der Waals surface area contributed by atoms with Gasteiger partial charge in [-0.1, -0.05) is 18.9 Å². The van der Waals surface area contributed by atoms with Crippen LogP contribution in [0, 0.1) is 5.92 Å². The molecule has 22 heavy (non-hydrogen) atoms. The van der Waals surface area contributed by atoms with Crippen molar-refractivity contribution in [1.82, 2.24) is 15.2 Å². The zero-order valence-electron chi connectivity index (χ0n) is 13.4. The van der Waals surface area contributed by atoms with Crippen LogP contribution in [0.25, 0.3) is 0 Å². The fourth-order valence-electron chi connectivity index (χ4n) is 3.27. The van der Waals surface area contributed by atoms with Gasteiger partial charge in [-0.2, -0.15) is 0 Å². The molecule has 1 aromatic heterocycles. The van der Waals surface area contributed by atoms with Crippen LogP contribution >= 0.6 is 0 Å². The lowest BCUT2D eigenvalue weighted by atomic mass is 10.1. The minimum absolute atomic E-state index is 0.209. The van der Waals surface area contributed by atoms with Crippen molar-refractivity contribution in [3.63, 3.8) is 0 Å². The average molecular weight is 302 g/mol. The first-order chi connectivity index (χ1) is 10.7. The maximum atomic E-state index is 12.0. The molecule has 0 unspecified atom stereocenters. The Kier molecular flexibility index (Phi) is 4.93. The van der Waals surface area contributed by atoms with Crippen molar-refractivity contribution in [3.05, 3.63) is 23.9 Å². The van der Waals surface area contributed by atoms with Gasteiger partial charge < -0.3 is 15.1 Å². The van der Waals surface area contributed by atoms with Gasteiger partial charge in [0, 0.05) is 44.8 Å². The lowest BCUT2D eigenvalue weighted by Gasteiger charge is -2.33. The molecule has 2 aliphatic rings. The van der Waals surface area contributed by atoms with Crippen LogP contribution in [0.15, 0.2) is 18.3 Å². The van der Waals surface area contributed by atoms with E-state index in [1.807, 2.05) is 6.20 Å². The molecule has 0 aromatic carbocycles. The predicted octanol–water partition coefficient (Wildman–Crippen LogP) is 1.64. The van der Waals surface area contributed by atoms with Gasteiger partial charge in [0.15, 0.2) is 0 Å². The van der Waals surface area contributed by atoms with Gasteiger partial charge in [-0.3, -0.25) is 4.79 Å². The van der Waals surface area contributed by atoms with Gasteiger partial charge in [0.25, 0.3) is 0 Å². The van der Waals surface area contributed by atoms with Crippen molar-refractivity contribution in [2.45, 2.75) is 32.2 Å². The lowest BCUT2D eigenvalue weighted by molar-refractivity contribution is -0.124. The summed E-state index contributed by atoms with van der Waals surface area (Å²) in [7, 11) is 2.15. The first kappa shape index (κ1) is 15.3. The molecule has 3 rings (SSSR count). The van der Waals surface area contributed by atoms with Crippen LogP contribution in [0.5, 0.6) is 0 Å². The second kappa shape index (κ2) is 7.09. The molecule has 0 spiro atoms. The van der Waals surface area contributed by atoms with Crippen molar-refractivity contribution in [1.29, 1.82) is 0 Å². The van der Waals surface area contributed by atoms with Crippen LogP contribution in [0.2, 0.25) is 0 Å². The van der Waals surface area contributed by atoms with Crippen LogP contribution in [0.3, 0.4) is 0 Å². The van der Waals surface area contributed by atoms with Crippen LogP contribution in [-0.4, -0.2) is 49.0 Å². The number of pyridine rings is 1. The van der Waals surface area contributed by atoms with Crippen LogP contribution in [0.1, 0.15) is 31.2 Å². The summed E-state index contributed by atoms with van der Waals surface area (Å²) in [4.78, 5) is 21.2. The Bertz CT molecular complexity index is 488. The molecule has 1 amide bonds. The van der Waals surface area contributed by atoms with E-state index >= 15 is 0 Å². The third kappa shape index (κ3) is 3.77. The van der Waals surface area contributed by atoms with E-state index in [0.717, 1.165) is 50.4 Å². The monoisotopic (exact) mass is 302 g/mol. The molecule has 1 aliphatic heterocycles. The normalized spacial score (nSPS) is 20.3. The molecule has 2 fully saturated rings. The second-order valence-electron chi connectivity index (χ2n) is 6.51. The summed E-state index contributed by atoms with van der Waals surface area (Å²) in [5.41, 5.74) is 1.07. The number of amides is 1. The highest BCUT2D eigenvalue weighted by Gasteiger charge is 2.22. The number of rotatable bonds is 4. The van der Waals surface area contributed by atoms with E-state index in [2.05, 4.69) is 39.3 Å². The van der Waals surface area contributed by atoms with Crippen LogP contribution in [0.4, 0.5) is 5.82 Å². The van der Waals surface area contributed by atoms with Crippen LogP contribution in [-0.2, 0) is 11.3 Å². The molecular formula is C17H26N4O. The molecule has 1 N–H and O–H groups in total. The second-order valence-corrected chi connectivity index (χ2v) is 6.51. The smallest absolute Gasteiger partial charge is 0.223 e. The van der Waals surface area contributed by atoms with Gasteiger partial charge in [-0.15, -0.1) is 0 Å². The Morgan fingerprint density at radius 1 is 1.23 bits per heavy atom. The number of aromatic nitrogens is 1. The van der Waals surface area contributed by atoms with Crippen molar-refractivity contribution >= 4 is 11.7 Å². The molecule has 120 valence electrons. The van der Waals surface area contributed by atoms with E-state index in [9.17, 15) is 4.79 Å². The van der Waals surface area contributed by atoms with Crippen molar-refractivity contribution in [2.75, 3.05) is 38.1 Å². The highest BCUT2D eigenvalue weighted by molar-refractivity contribution is 5.78. The minimum atomic E-state index is 0.209. The molecule has 1 saturated heterocycles. The Hall–Kier alpha value is -1.62. The number of hydrogen-bond donors (Lipinski definition) is 1. The first-order valence-corrected chi connectivity index (χ1v) is 8.38. The van der Waals surface area contributed by atoms with E-state index in [4.69, 9.17) is 0 Å². The van der Waals surface area contributed by atoms with E-state index in [0.29, 0.717) is 6.54 Å². The molecule has 1 aromatic rings. The van der Waals surface area contributed by atoms with Crippen molar-refractivity contribution < 1.29 is 4.79 Å². The van der Waals surface area contributed by atoms with Gasteiger partial charge in [0.1, 0.15) is 5.82 Å². The molecular weight excluding hydrogens is 276 g/mol. The highest BCUT2D eigenvalue weighted by atomic mass is 16.1. The fraction of sp³-hybridized carbons (Fsp3) is 0.647. The number of hydrogen-bond acceptors (Lipinski definition) is 4. The summed E-state index contributed by atoms with van der Waals surface area (Å²) in [6.45, 7) is 4.82. The van der Waals surface area contributed by atoms with Crippen molar-refractivity contribution in [3.8, 4) is 0 Å². The number of nitrogens with one attached hydrogen (secondary N) is 1. The van der Waals surface area contributed by atoms with Gasteiger partial charge in [0.2, 0.25) is 5.91 Å². The predicted molar refractivity (Wildman–Crippen MR) is 87.8 cm³/mol. The standard InChI is InChI=1S/C17H26N4O/c1-20-8-10-21(11-9-20)16-7-6-14(12-18-16)13-19-17(22)15-4-2-3-5-15/h6-7,12,15H,2-5,8-11,13H2,1H3,(H,19,22). The molecule has 5 heteroatoms. The van der Waals surface area contributed by atoms with E-state index in [1.165, 1.54) is 12.8 Å². The Balaban J connectivity index is 1.50. The third-order valence-corrected chi connectivity index (χ3v) is 4.83. The summed E-state index contributed by atoms with van der Waals surface area (Å²) in [5, 5.41) is 3.05. The summed E-state index contributed by atoms with van der Waals surface area (Å²) < 4.78 is 0. The summed E-state index contributed by atoms with van der Waals surface area (Å²) in [6.07, 6.45) is 6.38. The Morgan fingerprint density at radius 3 is 2.59 bits per heavy atom. The molecule has 1 saturated carbocycles. The number of nitrogens with zero attached hydrogens (tertiary/aromatic N) is 3. The number of anilines is 1. The number of piperazine rings is 1. The fourth-order valence-corrected chi connectivity index (χ4v) is 3.27. The van der Waals surface area contributed by atoms with E-state index < -0.39 is 0 Å². The van der Waals surface area contributed by atoms with Gasteiger partial charge >= 0.3 is 0 Å². The topological polar surface area (TPSA) is 48.5 Å². The molecule has 0 atom stereocenters. The summed E-state index contributed by atoms with van der Waals surface area (Å²) in [5.74, 6) is 1.48. The van der Waals surface area contributed by atoms with Gasteiger partial charge in [0.05, 0.1) is 0 Å². The average Bonchev–Trinajstić information content (AvgIpc) is 3.08. The number of carbonyl (C=O) groups excluding carboxylic acids is 1. The number of likely N-dealkylation sites (N-methyl/N-ethyl adjacent to an activating group) is 1. The first-order valence-electron chi connectivity index (χ1n) is 8.38. The molecule has 0 bridgehead atoms. The summed E-state index contributed by atoms with van der Waals surface area (Å²) >= 11 is 0. The quantitative estimate of drug-likeness (QED) is 0.918. The minimum Gasteiger partial charge on any atom is -0.354 e. The van der Waals surface area contributed by atoms with E-state index in [-0.39, 0.29) is 11.8 Å². The van der Waals surface area contributed by atoms with Crippen molar-refractivity contribution in [2.24, 2.45) is 5.92 Å². The highest BCUT2D eigenvalue weighted by Crippen LogP contribution is 2.24. The zero-order chi connectivity index (χ0) is 15.4.